The Morgan fingerprint density at radius 1 is 1.29 bits per heavy atom. The second-order valence-corrected chi connectivity index (χ2v) is 4.45. The number of rotatable bonds is 4. The summed E-state index contributed by atoms with van der Waals surface area (Å²) in [6, 6.07) is 2.47. The molecule has 94 valence electrons. The third-order valence-corrected chi connectivity index (χ3v) is 2.74. The standard InChI is InChI=1S/C12H14ClF2NO/c1-7(2)11(6-13)16-12(17)8-3-9(14)5-10(15)4-8/h3-5,7,11H,6H2,1-2H3,(H,16,17). The molecular formula is C12H14ClF2NO. The first kappa shape index (κ1) is 13.9. The lowest BCUT2D eigenvalue weighted by molar-refractivity contribution is 0.0930. The third kappa shape index (κ3) is 3.97. The van der Waals surface area contributed by atoms with E-state index in [2.05, 4.69) is 5.32 Å². The molecule has 0 saturated heterocycles. The Morgan fingerprint density at radius 2 is 1.82 bits per heavy atom. The topological polar surface area (TPSA) is 29.1 Å². The lowest BCUT2D eigenvalue weighted by atomic mass is 10.1. The number of nitrogens with one attached hydrogen (secondary N) is 1. The quantitative estimate of drug-likeness (QED) is 0.830. The first-order valence-corrected chi connectivity index (χ1v) is 5.80. The molecule has 0 bridgehead atoms. The van der Waals surface area contributed by atoms with Gasteiger partial charge in [-0.1, -0.05) is 13.8 Å². The summed E-state index contributed by atoms with van der Waals surface area (Å²) in [7, 11) is 0. The van der Waals surface area contributed by atoms with Crippen LogP contribution in [0, 0.1) is 17.6 Å². The molecule has 0 aliphatic heterocycles. The van der Waals surface area contributed by atoms with Gasteiger partial charge < -0.3 is 5.32 Å². The van der Waals surface area contributed by atoms with Crippen molar-refractivity contribution in [2.24, 2.45) is 5.92 Å². The van der Waals surface area contributed by atoms with Crippen LogP contribution >= 0.6 is 11.6 Å². The van der Waals surface area contributed by atoms with Crippen molar-refractivity contribution in [1.82, 2.24) is 5.32 Å². The smallest absolute Gasteiger partial charge is 0.251 e. The van der Waals surface area contributed by atoms with E-state index in [9.17, 15) is 13.6 Å². The minimum Gasteiger partial charge on any atom is -0.348 e. The average Bonchev–Trinajstić information content (AvgIpc) is 2.23. The first-order chi connectivity index (χ1) is 7.93. The van der Waals surface area contributed by atoms with Crippen LogP contribution in [-0.2, 0) is 0 Å². The predicted molar refractivity (Wildman–Crippen MR) is 63.2 cm³/mol. The van der Waals surface area contributed by atoms with Crippen LogP contribution in [0.5, 0.6) is 0 Å². The van der Waals surface area contributed by atoms with Gasteiger partial charge in [-0.25, -0.2) is 8.78 Å². The summed E-state index contributed by atoms with van der Waals surface area (Å²) in [5, 5.41) is 2.63. The van der Waals surface area contributed by atoms with Gasteiger partial charge >= 0.3 is 0 Å². The van der Waals surface area contributed by atoms with Crippen LogP contribution < -0.4 is 5.32 Å². The van der Waals surface area contributed by atoms with Gasteiger partial charge in [-0.2, -0.15) is 0 Å². The fourth-order valence-electron chi connectivity index (χ4n) is 1.32. The average molecular weight is 262 g/mol. The van der Waals surface area contributed by atoms with Gasteiger partial charge in [0.15, 0.2) is 0 Å². The van der Waals surface area contributed by atoms with E-state index in [1.807, 2.05) is 13.8 Å². The predicted octanol–water partition coefficient (Wildman–Crippen LogP) is 2.96. The molecule has 2 nitrogen and oxygen atoms in total. The summed E-state index contributed by atoms with van der Waals surface area (Å²) in [6.45, 7) is 3.80. The second kappa shape index (κ2) is 5.96. The number of halogens is 3. The Bertz CT molecular complexity index is 389. The van der Waals surface area contributed by atoms with Gasteiger partial charge in [-0.05, 0) is 18.1 Å². The molecule has 1 unspecified atom stereocenters. The summed E-state index contributed by atoms with van der Waals surface area (Å²) < 4.78 is 25.8. The maximum absolute atomic E-state index is 12.9. The normalized spacial score (nSPS) is 12.6. The van der Waals surface area contributed by atoms with Crippen molar-refractivity contribution < 1.29 is 13.6 Å². The van der Waals surface area contributed by atoms with Gasteiger partial charge in [0.05, 0.1) is 0 Å². The molecule has 1 amide bonds. The van der Waals surface area contributed by atoms with Crippen molar-refractivity contribution in [2.45, 2.75) is 19.9 Å². The molecule has 0 aliphatic carbocycles. The van der Waals surface area contributed by atoms with Gasteiger partial charge in [0, 0.05) is 23.6 Å². The van der Waals surface area contributed by atoms with Crippen LogP contribution in [0.2, 0.25) is 0 Å². The fraction of sp³-hybridized carbons (Fsp3) is 0.417. The van der Waals surface area contributed by atoms with Crippen molar-refractivity contribution in [3.05, 3.63) is 35.4 Å². The highest BCUT2D eigenvalue weighted by Crippen LogP contribution is 2.10. The molecule has 0 saturated carbocycles. The van der Waals surface area contributed by atoms with Crippen LogP contribution in [0.25, 0.3) is 0 Å². The van der Waals surface area contributed by atoms with Crippen LogP contribution in [0.1, 0.15) is 24.2 Å². The lowest BCUT2D eigenvalue weighted by Gasteiger charge is -2.19. The van der Waals surface area contributed by atoms with Crippen molar-refractivity contribution in [2.75, 3.05) is 5.88 Å². The molecule has 0 fully saturated rings. The maximum Gasteiger partial charge on any atom is 0.251 e. The third-order valence-electron chi connectivity index (χ3n) is 2.41. The van der Waals surface area contributed by atoms with Crippen molar-refractivity contribution in [3.8, 4) is 0 Å². The van der Waals surface area contributed by atoms with Crippen molar-refractivity contribution in [3.63, 3.8) is 0 Å². The van der Waals surface area contributed by atoms with Crippen molar-refractivity contribution in [1.29, 1.82) is 0 Å². The second-order valence-electron chi connectivity index (χ2n) is 4.14. The van der Waals surface area contributed by atoms with E-state index in [1.165, 1.54) is 0 Å². The largest absolute Gasteiger partial charge is 0.348 e. The summed E-state index contributed by atoms with van der Waals surface area (Å²) >= 11 is 5.69. The van der Waals surface area contributed by atoms with E-state index < -0.39 is 17.5 Å². The molecule has 0 heterocycles. The number of hydrogen-bond donors (Lipinski definition) is 1. The molecule has 1 atom stereocenters. The molecule has 5 heteroatoms. The van der Waals surface area contributed by atoms with Gasteiger partial charge in [-0.15, -0.1) is 11.6 Å². The number of amides is 1. The number of hydrogen-bond acceptors (Lipinski definition) is 1. The van der Waals surface area contributed by atoms with Gasteiger partial charge in [0.2, 0.25) is 0 Å². The Hall–Kier alpha value is -1.16. The lowest BCUT2D eigenvalue weighted by Crippen LogP contribution is -2.39. The molecule has 0 spiro atoms. The number of alkyl halides is 1. The SMILES string of the molecule is CC(C)C(CCl)NC(=O)c1cc(F)cc(F)c1. The highest BCUT2D eigenvalue weighted by atomic mass is 35.5. The molecule has 0 aliphatic rings. The summed E-state index contributed by atoms with van der Waals surface area (Å²) in [5.74, 6) is -1.68. The molecule has 0 aromatic heterocycles. The number of carbonyl (C=O) groups is 1. The Balaban J connectivity index is 2.82. The van der Waals surface area contributed by atoms with E-state index >= 15 is 0 Å². The number of carbonyl (C=O) groups excluding carboxylic acids is 1. The van der Waals surface area contributed by atoms with E-state index in [4.69, 9.17) is 11.6 Å². The van der Waals surface area contributed by atoms with Gasteiger partial charge in [-0.3, -0.25) is 4.79 Å². The summed E-state index contributed by atoms with van der Waals surface area (Å²) in [4.78, 5) is 11.7. The van der Waals surface area contributed by atoms with Crippen LogP contribution in [-0.4, -0.2) is 17.8 Å². The zero-order valence-corrected chi connectivity index (χ0v) is 10.4. The summed E-state index contributed by atoms with van der Waals surface area (Å²) in [5.41, 5.74) is -0.0433. The molecule has 0 radical (unpaired) electrons. The molecule has 17 heavy (non-hydrogen) atoms. The number of benzene rings is 1. The Kier molecular flexibility index (Phi) is 4.87. The van der Waals surface area contributed by atoms with Crippen molar-refractivity contribution >= 4 is 17.5 Å². The Labute approximate surface area is 104 Å². The molecule has 1 aromatic carbocycles. The molecule has 1 rings (SSSR count). The highest BCUT2D eigenvalue weighted by Gasteiger charge is 2.17. The minimum absolute atomic E-state index is 0.0433. The first-order valence-electron chi connectivity index (χ1n) is 5.27. The summed E-state index contributed by atoms with van der Waals surface area (Å²) in [6.07, 6.45) is 0. The van der Waals surface area contributed by atoms with Crippen LogP contribution in [0.15, 0.2) is 18.2 Å². The Morgan fingerprint density at radius 3 is 2.24 bits per heavy atom. The van der Waals surface area contributed by atoms with E-state index in [0.29, 0.717) is 0 Å². The van der Waals surface area contributed by atoms with Gasteiger partial charge in [0.25, 0.3) is 5.91 Å². The van der Waals surface area contributed by atoms with Crippen LogP contribution in [0.4, 0.5) is 8.78 Å². The highest BCUT2D eigenvalue weighted by molar-refractivity contribution is 6.18. The minimum atomic E-state index is -0.776. The molecule has 1 aromatic rings. The van der Waals surface area contributed by atoms with E-state index in [-0.39, 0.29) is 23.4 Å². The van der Waals surface area contributed by atoms with Crippen LogP contribution in [0.3, 0.4) is 0 Å². The zero-order valence-electron chi connectivity index (χ0n) is 9.64. The zero-order chi connectivity index (χ0) is 13.0. The monoisotopic (exact) mass is 261 g/mol. The maximum atomic E-state index is 12.9. The fourth-order valence-corrected chi connectivity index (χ4v) is 1.75. The van der Waals surface area contributed by atoms with Gasteiger partial charge in [0.1, 0.15) is 11.6 Å². The molecular weight excluding hydrogens is 248 g/mol. The van der Waals surface area contributed by atoms with E-state index in [1.54, 1.807) is 0 Å². The van der Waals surface area contributed by atoms with E-state index in [0.717, 1.165) is 18.2 Å². The molecule has 1 N–H and O–H groups in total.